The van der Waals surface area contributed by atoms with E-state index in [4.69, 9.17) is 0 Å². The minimum atomic E-state index is 0.256. The number of rotatable bonds is 8. The fraction of sp³-hybridized carbons (Fsp3) is 0.929. The Balaban J connectivity index is 1.51. The van der Waals surface area contributed by atoms with Gasteiger partial charge < -0.3 is 10.6 Å². The van der Waals surface area contributed by atoms with Crippen LogP contribution in [-0.2, 0) is 4.79 Å². The highest BCUT2D eigenvalue weighted by Crippen LogP contribution is 2.44. The van der Waals surface area contributed by atoms with Crippen molar-refractivity contribution in [2.45, 2.75) is 51.4 Å². The van der Waals surface area contributed by atoms with Crippen molar-refractivity contribution >= 4 is 5.91 Å². The summed E-state index contributed by atoms with van der Waals surface area (Å²) in [6.07, 6.45) is 9.78. The van der Waals surface area contributed by atoms with Crippen molar-refractivity contribution in [3.05, 3.63) is 0 Å². The highest BCUT2D eigenvalue weighted by molar-refractivity contribution is 5.75. The van der Waals surface area contributed by atoms with Gasteiger partial charge in [-0.3, -0.25) is 4.79 Å². The van der Waals surface area contributed by atoms with Gasteiger partial charge in [-0.05, 0) is 38.6 Å². The minimum Gasteiger partial charge on any atom is -0.355 e. The maximum Gasteiger partial charge on any atom is 0.220 e. The van der Waals surface area contributed by atoms with Crippen molar-refractivity contribution in [3.63, 3.8) is 0 Å². The van der Waals surface area contributed by atoms with Crippen LogP contribution in [0.2, 0.25) is 0 Å². The van der Waals surface area contributed by atoms with E-state index >= 15 is 0 Å². The quantitative estimate of drug-likeness (QED) is 0.679. The summed E-state index contributed by atoms with van der Waals surface area (Å²) in [4.78, 5) is 11.7. The molecule has 2 N–H and O–H groups in total. The third-order valence-electron chi connectivity index (χ3n) is 4.41. The molecule has 2 aliphatic rings. The van der Waals surface area contributed by atoms with Gasteiger partial charge in [0.15, 0.2) is 0 Å². The zero-order valence-electron chi connectivity index (χ0n) is 11.1. The average Bonchev–Trinajstić information content (AvgIpc) is 3.00. The molecule has 17 heavy (non-hydrogen) atoms. The first-order valence-electron chi connectivity index (χ1n) is 7.15. The smallest absolute Gasteiger partial charge is 0.220 e. The van der Waals surface area contributed by atoms with Crippen molar-refractivity contribution in [2.75, 3.05) is 20.1 Å². The molecule has 2 rings (SSSR count). The van der Waals surface area contributed by atoms with Gasteiger partial charge in [-0.25, -0.2) is 0 Å². The van der Waals surface area contributed by atoms with Gasteiger partial charge in [0.2, 0.25) is 5.91 Å². The fourth-order valence-electron chi connectivity index (χ4n) is 2.68. The van der Waals surface area contributed by atoms with E-state index in [1.54, 1.807) is 0 Å². The van der Waals surface area contributed by atoms with Gasteiger partial charge in [0.25, 0.3) is 0 Å². The van der Waals surface area contributed by atoms with E-state index in [1.165, 1.54) is 38.5 Å². The van der Waals surface area contributed by atoms with Gasteiger partial charge in [0.1, 0.15) is 0 Å². The molecule has 3 nitrogen and oxygen atoms in total. The lowest BCUT2D eigenvalue weighted by Gasteiger charge is -2.24. The first-order chi connectivity index (χ1) is 8.24. The molecule has 3 heteroatoms. The lowest BCUT2D eigenvalue weighted by atomic mass is 9.82. The van der Waals surface area contributed by atoms with E-state index in [2.05, 4.69) is 10.6 Å². The number of carbonyl (C=O) groups is 1. The van der Waals surface area contributed by atoms with Crippen LogP contribution in [0.5, 0.6) is 0 Å². The summed E-state index contributed by atoms with van der Waals surface area (Å²) >= 11 is 0. The van der Waals surface area contributed by atoms with E-state index in [-0.39, 0.29) is 5.91 Å². The molecule has 1 amide bonds. The van der Waals surface area contributed by atoms with Gasteiger partial charge in [-0.2, -0.15) is 0 Å². The van der Waals surface area contributed by atoms with Gasteiger partial charge in [-0.15, -0.1) is 0 Å². The maximum absolute atomic E-state index is 11.7. The largest absolute Gasteiger partial charge is 0.355 e. The molecule has 0 aromatic carbocycles. The van der Waals surface area contributed by atoms with Crippen molar-refractivity contribution in [3.8, 4) is 0 Å². The molecule has 98 valence electrons. The molecular weight excluding hydrogens is 212 g/mol. The Hall–Kier alpha value is -0.570. The second kappa shape index (κ2) is 5.85. The highest BCUT2D eigenvalue weighted by atomic mass is 16.1. The number of carbonyl (C=O) groups excluding carboxylic acids is 1. The molecule has 0 aromatic heterocycles. The number of nitrogens with one attached hydrogen (secondary N) is 2. The van der Waals surface area contributed by atoms with Crippen LogP contribution in [0.3, 0.4) is 0 Å². The molecule has 2 fully saturated rings. The van der Waals surface area contributed by atoms with E-state index in [0.717, 1.165) is 31.8 Å². The van der Waals surface area contributed by atoms with Gasteiger partial charge in [0, 0.05) is 24.9 Å². The second-order valence-corrected chi connectivity index (χ2v) is 6.00. The molecule has 0 atom stereocenters. The third kappa shape index (κ3) is 3.98. The van der Waals surface area contributed by atoms with E-state index in [9.17, 15) is 4.79 Å². The van der Waals surface area contributed by atoms with Crippen LogP contribution in [-0.4, -0.2) is 26.0 Å². The monoisotopic (exact) mass is 238 g/mol. The van der Waals surface area contributed by atoms with Crippen molar-refractivity contribution < 1.29 is 4.79 Å². The molecule has 0 saturated heterocycles. The van der Waals surface area contributed by atoms with Crippen molar-refractivity contribution in [1.29, 1.82) is 0 Å². The van der Waals surface area contributed by atoms with Gasteiger partial charge in [-0.1, -0.05) is 19.3 Å². The first kappa shape index (κ1) is 12.9. The maximum atomic E-state index is 11.7. The van der Waals surface area contributed by atoms with Gasteiger partial charge >= 0.3 is 0 Å². The van der Waals surface area contributed by atoms with Crippen LogP contribution in [0.1, 0.15) is 51.4 Å². The Morgan fingerprint density at radius 1 is 1.29 bits per heavy atom. The molecule has 2 saturated carbocycles. The molecule has 0 heterocycles. The summed E-state index contributed by atoms with van der Waals surface area (Å²) in [7, 11) is 1.99. The zero-order chi connectivity index (χ0) is 12.1. The number of hydrogen-bond acceptors (Lipinski definition) is 2. The Morgan fingerprint density at radius 3 is 2.59 bits per heavy atom. The molecule has 0 unspecified atom stereocenters. The Kier molecular flexibility index (Phi) is 4.43. The summed E-state index contributed by atoms with van der Waals surface area (Å²) in [5.41, 5.74) is 0.387. The molecule has 0 aliphatic heterocycles. The Morgan fingerprint density at radius 2 is 2.06 bits per heavy atom. The number of amides is 1. The molecule has 0 aromatic rings. The average molecular weight is 238 g/mol. The van der Waals surface area contributed by atoms with Crippen molar-refractivity contribution in [2.24, 2.45) is 11.3 Å². The first-order valence-corrected chi connectivity index (χ1v) is 7.15. The molecule has 0 spiro atoms. The molecular formula is C14H26N2O. The minimum absolute atomic E-state index is 0.256. The Bertz CT molecular complexity index is 257. The lowest BCUT2D eigenvalue weighted by Crippen LogP contribution is -2.34. The standard InChI is InChI=1S/C14H26N2O/c1-15-10-14(8-9-14)11-16-13(17)7-3-6-12-4-2-5-12/h12,15H,2-11H2,1H3,(H,16,17). The van der Waals surface area contributed by atoms with Crippen LogP contribution in [0.25, 0.3) is 0 Å². The molecule has 2 aliphatic carbocycles. The van der Waals surface area contributed by atoms with Crippen LogP contribution in [0.15, 0.2) is 0 Å². The summed E-state index contributed by atoms with van der Waals surface area (Å²) in [5, 5.41) is 6.32. The summed E-state index contributed by atoms with van der Waals surface area (Å²) in [5.74, 6) is 1.19. The Labute approximate surface area is 105 Å². The van der Waals surface area contributed by atoms with E-state index in [0.29, 0.717) is 5.41 Å². The SMILES string of the molecule is CNCC1(CNC(=O)CCCC2CCC2)CC1. The van der Waals surface area contributed by atoms with E-state index < -0.39 is 0 Å². The summed E-state index contributed by atoms with van der Waals surface area (Å²) in [6.45, 7) is 1.91. The second-order valence-electron chi connectivity index (χ2n) is 6.00. The summed E-state index contributed by atoms with van der Waals surface area (Å²) in [6, 6.07) is 0. The van der Waals surface area contributed by atoms with Gasteiger partial charge in [0.05, 0.1) is 0 Å². The lowest BCUT2D eigenvalue weighted by molar-refractivity contribution is -0.121. The summed E-state index contributed by atoms with van der Waals surface area (Å²) < 4.78 is 0. The predicted octanol–water partition coefficient (Wildman–Crippen LogP) is 2.07. The van der Waals surface area contributed by atoms with Crippen LogP contribution in [0, 0.1) is 11.3 Å². The molecule has 0 radical (unpaired) electrons. The van der Waals surface area contributed by atoms with Crippen LogP contribution in [0.4, 0.5) is 0 Å². The van der Waals surface area contributed by atoms with E-state index in [1.807, 2.05) is 7.05 Å². The van der Waals surface area contributed by atoms with Crippen LogP contribution >= 0.6 is 0 Å². The fourth-order valence-corrected chi connectivity index (χ4v) is 2.68. The normalized spacial score (nSPS) is 21.9. The zero-order valence-corrected chi connectivity index (χ0v) is 11.1. The van der Waals surface area contributed by atoms with Crippen molar-refractivity contribution in [1.82, 2.24) is 10.6 Å². The molecule has 0 bridgehead atoms. The number of hydrogen-bond donors (Lipinski definition) is 2. The third-order valence-corrected chi connectivity index (χ3v) is 4.41. The highest BCUT2D eigenvalue weighted by Gasteiger charge is 2.41. The van der Waals surface area contributed by atoms with Crippen LogP contribution < -0.4 is 10.6 Å². The topological polar surface area (TPSA) is 41.1 Å². The predicted molar refractivity (Wildman–Crippen MR) is 69.8 cm³/mol.